The highest BCUT2D eigenvalue weighted by Gasteiger charge is 2.02. The molecule has 0 fully saturated rings. The molecule has 2 aromatic carbocycles. The first-order chi connectivity index (χ1) is 10.8. The number of hydrogen-bond acceptors (Lipinski definition) is 2. The maximum absolute atomic E-state index is 4.75. The largest absolute Gasteiger partial charge is 0.257 e. The van der Waals surface area contributed by atoms with E-state index < -0.39 is 0 Å². The van der Waals surface area contributed by atoms with E-state index in [1.807, 2.05) is 0 Å². The summed E-state index contributed by atoms with van der Waals surface area (Å²) >= 11 is 0. The summed E-state index contributed by atoms with van der Waals surface area (Å²) in [6, 6.07) is 12.7. The third-order valence-electron chi connectivity index (χ3n) is 3.84. The van der Waals surface area contributed by atoms with Gasteiger partial charge in [-0.15, -0.1) is 0 Å². The number of rotatable bonds is 4. The van der Waals surface area contributed by atoms with Gasteiger partial charge >= 0.3 is 0 Å². The van der Waals surface area contributed by atoms with Crippen LogP contribution >= 0.6 is 0 Å². The van der Waals surface area contributed by atoms with Crippen molar-refractivity contribution in [2.75, 3.05) is 0 Å². The molecule has 0 saturated carbocycles. The molecule has 0 spiro atoms. The second kappa shape index (κ2) is 7.36. The fraction of sp³-hybridized carbons (Fsp3) is 0.333. The molecule has 2 nitrogen and oxygen atoms in total. The van der Waals surface area contributed by atoms with Crippen LogP contribution in [0.25, 0.3) is 0 Å². The predicted octanol–water partition coefficient (Wildman–Crippen LogP) is 6.20. The molecule has 0 aliphatic carbocycles. The van der Waals surface area contributed by atoms with Gasteiger partial charge in [0.1, 0.15) is 0 Å². The van der Waals surface area contributed by atoms with E-state index in [1.165, 1.54) is 22.3 Å². The molecule has 0 amide bonds. The summed E-state index contributed by atoms with van der Waals surface area (Å²) in [6.07, 6.45) is 0.792. The van der Waals surface area contributed by atoms with Gasteiger partial charge in [-0.1, -0.05) is 35.4 Å². The third-order valence-corrected chi connectivity index (χ3v) is 3.84. The Labute approximate surface area is 140 Å². The molecule has 0 heterocycles. The van der Waals surface area contributed by atoms with Crippen LogP contribution in [-0.2, 0) is 0 Å². The lowest BCUT2D eigenvalue weighted by molar-refractivity contribution is 1.30. The van der Waals surface area contributed by atoms with Gasteiger partial charge in [-0.05, 0) is 64.8 Å². The highest BCUT2D eigenvalue weighted by Crippen LogP contribution is 2.22. The quantitative estimate of drug-likeness (QED) is 0.601. The molecule has 23 heavy (non-hydrogen) atoms. The van der Waals surface area contributed by atoms with E-state index in [4.69, 9.17) is 9.98 Å². The van der Waals surface area contributed by atoms with E-state index in [-0.39, 0.29) is 0 Å². The van der Waals surface area contributed by atoms with Crippen LogP contribution in [0.1, 0.15) is 42.5 Å². The van der Waals surface area contributed by atoms with Crippen LogP contribution in [0, 0.1) is 27.7 Å². The van der Waals surface area contributed by atoms with Crippen LogP contribution < -0.4 is 0 Å². The van der Waals surface area contributed by atoms with E-state index in [1.54, 1.807) is 0 Å². The highest BCUT2D eigenvalue weighted by atomic mass is 14.8. The molecule has 0 aliphatic rings. The molecule has 2 rings (SSSR count). The summed E-state index contributed by atoms with van der Waals surface area (Å²) in [6.45, 7) is 12.6. The molecule has 0 atom stereocenters. The average Bonchev–Trinajstić information content (AvgIpc) is 2.45. The Hall–Kier alpha value is -2.22. The minimum Gasteiger partial charge on any atom is -0.257 e. The fourth-order valence-corrected chi connectivity index (χ4v) is 2.72. The Morgan fingerprint density at radius 3 is 1.43 bits per heavy atom. The van der Waals surface area contributed by atoms with Gasteiger partial charge in [0.15, 0.2) is 0 Å². The van der Waals surface area contributed by atoms with Crippen LogP contribution in [-0.4, -0.2) is 11.4 Å². The first-order valence-electron chi connectivity index (χ1n) is 8.08. The van der Waals surface area contributed by atoms with E-state index in [0.29, 0.717) is 0 Å². The molecule has 0 unspecified atom stereocenters. The van der Waals surface area contributed by atoms with Gasteiger partial charge in [0.25, 0.3) is 0 Å². The number of benzene rings is 2. The van der Waals surface area contributed by atoms with E-state index in [9.17, 15) is 0 Å². The first kappa shape index (κ1) is 17.1. The van der Waals surface area contributed by atoms with Gasteiger partial charge in [-0.3, -0.25) is 9.98 Å². The zero-order chi connectivity index (χ0) is 17.0. The number of aliphatic imine (C=N–C) groups is 2. The van der Waals surface area contributed by atoms with Crippen molar-refractivity contribution in [1.29, 1.82) is 0 Å². The maximum atomic E-state index is 4.75. The zero-order valence-electron chi connectivity index (χ0n) is 15.1. The lowest BCUT2D eigenvalue weighted by Gasteiger charge is -2.06. The Kier molecular flexibility index (Phi) is 5.49. The van der Waals surface area contributed by atoms with Gasteiger partial charge in [0.05, 0.1) is 11.4 Å². The molecular weight excluding hydrogens is 280 g/mol. The summed E-state index contributed by atoms with van der Waals surface area (Å²) < 4.78 is 0. The number of aryl methyl sites for hydroxylation is 4. The monoisotopic (exact) mass is 306 g/mol. The highest BCUT2D eigenvalue weighted by molar-refractivity contribution is 6.04. The summed E-state index contributed by atoms with van der Waals surface area (Å²) in [5, 5.41) is 0. The van der Waals surface area contributed by atoms with Crippen LogP contribution in [0.5, 0.6) is 0 Å². The third kappa shape index (κ3) is 4.88. The molecule has 120 valence electrons. The minimum absolute atomic E-state index is 0.792. The van der Waals surface area contributed by atoms with Crippen molar-refractivity contribution in [2.45, 2.75) is 48.0 Å². The zero-order valence-corrected chi connectivity index (χ0v) is 15.1. The van der Waals surface area contributed by atoms with Crippen molar-refractivity contribution in [3.63, 3.8) is 0 Å². The van der Waals surface area contributed by atoms with E-state index >= 15 is 0 Å². The van der Waals surface area contributed by atoms with Crippen LogP contribution in [0.2, 0.25) is 0 Å². The summed E-state index contributed by atoms with van der Waals surface area (Å²) in [7, 11) is 0. The lowest BCUT2D eigenvalue weighted by Crippen LogP contribution is -2.00. The Morgan fingerprint density at radius 2 is 1.09 bits per heavy atom. The molecule has 2 heteroatoms. The van der Waals surface area contributed by atoms with Crippen molar-refractivity contribution < 1.29 is 0 Å². The molecule has 0 radical (unpaired) electrons. The van der Waals surface area contributed by atoms with E-state index in [2.05, 4.69) is 77.9 Å². The Morgan fingerprint density at radius 1 is 0.696 bits per heavy atom. The van der Waals surface area contributed by atoms with Gasteiger partial charge in [-0.25, -0.2) is 0 Å². The SMILES string of the molecule is CC(CC(C)=Nc1ccc(C)cc1C)=Nc1ccc(C)cc1C. The Bertz CT molecular complexity index is 702. The molecule has 0 aliphatic heterocycles. The summed E-state index contributed by atoms with van der Waals surface area (Å²) in [5.41, 5.74) is 9.24. The lowest BCUT2D eigenvalue weighted by atomic mass is 10.1. The van der Waals surface area contributed by atoms with Gasteiger partial charge in [0, 0.05) is 17.8 Å². The summed E-state index contributed by atoms with van der Waals surface area (Å²) in [5.74, 6) is 0. The van der Waals surface area contributed by atoms with Gasteiger partial charge in [0.2, 0.25) is 0 Å². The maximum Gasteiger partial charge on any atom is 0.0658 e. The van der Waals surface area contributed by atoms with Crippen molar-refractivity contribution in [1.82, 2.24) is 0 Å². The molecule has 0 N–H and O–H groups in total. The standard InChI is InChI=1S/C21H26N2/c1-14-7-9-20(16(3)11-14)22-18(5)13-19(6)23-21-10-8-15(2)12-17(21)4/h7-12H,13H2,1-6H3. The molecule has 2 aromatic rings. The normalized spacial score (nSPS) is 12.6. The molecule has 0 aromatic heterocycles. The topological polar surface area (TPSA) is 24.7 Å². The second-order valence-corrected chi connectivity index (χ2v) is 6.45. The van der Waals surface area contributed by atoms with Gasteiger partial charge in [-0.2, -0.15) is 0 Å². The molecule has 0 saturated heterocycles. The van der Waals surface area contributed by atoms with Crippen molar-refractivity contribution >= 4 is 22.8 Å². The van der Waals surface area contributed by atoms with Crippen LogP contribution in [0.4, 0.5) is 11.4 Å². The minimum atomic E-state index is 0.792. The number of hydrogen-bond donors (Lipinski definition) is 0. The smallest absolute Gasteiger partial charge is 0.0658 e. The van der Waals surface area contributed by atoms with E-state index in [0.717, 1.165) is 29.2 Å². The van der Waals surface area contributed by atoms with Crippen molar-refractivity contribution in [2.24, 2.45) is 9.98 Å². The summed E-state index contributed by atoms with van der Waals surface area (Å²) in [4.78, 5) is 9.51. The molecular formula is C21H26N2. The Balaban J connectivity index is 2.16. The van der Waals surface area contributed by atoms with Gasteiger partial charge < -0.3 is 0 Å². The predicted molar refractivity (Wildman–Crippen MR) is 102 cm³/mol. The fourth-order valence-electron chi connectivity index (χ4n) is 2.72. The van der Waals surface area contributed by atoms with Crippen LogP contribution in [0.15, 0.2) is 46.4 Å². The molecule has 0 bridgehead atoms. The van der Waals surface area contributed by atoms with Crippen molar-refractivity contribution in [3.8, 4) is 0 Å². The van der Waals surface area contributed by atoms with Crippen molar-refractivity contribution in [3.05, 3.63) is 58.7 Å². The second-order valence-electron chi connectivity index (χ2n) is 6.45. The first-order valence-corrected chi connectivity index (χ1v) is 8.08. The van der Waals surface area contributed by atoms with Crippen LogP contribution in [0.3, 0.4) is 0 Å². The number of nitrogens with zero attached hydrogens (tertiary/aromatic N) is 2. The average molecular weight is 306 g/mol.